The van der Waals surface area contributed by atoms with Crippen molar-refractivity contribution in [1.82, 2.24) is 9.97 Å². The zero-order valence-corrected chi connectivity index (χ0v) is 18.8. The van der Waals surface area contributed by atoms with Gasteiger partial charge in [-0.3, -0.25) is 0 Å². The molecule has 1 aromatic heterocycles. The molecule has 1 saturated carbocycles. The Morgan fingerprint density at radius 1 is 1.00 bits per heavy atom. The molecule has 0 amide bonds. The Morgan fingerprint density at radius 2 is 1.79 bits per heavy atom. The van der Waals surface area contributed by atoms with Gasteiger partial charge >= 0.3 is 6.36 Å². The first-order valence-corrected chi connectivity index (χ1v) is 11.2. The van der Waals surface area contributed by atoms with E-state index in [1.807, 2.05) is 19.1 Å². The highest BCUT2D eigenvalue weighted by molar-refractivity contribution is 6.31. The second kappa shape index (κ2) is 9.87. The summed E-state index contributed by atoms with van der Waals surface area (Å²) in [4.78, 5) is 9.18. The van der Waals surface area contributed by atoms with Crippen LogP contribution in [-0.4, -0.2) is 22.4 Å². The van der Waals surface area contributed by atoms with Crippen LogP contribution in [0.3, 0.4) is 0 Å². The largest absolute Gasteiger partial charge is 0.573 e. The standard InChI is InChI=1S/C24H24ClF3N4O/c1-15-10-11-18(13-20(15)25)29-22-14-21(16-6-5-9-19(12-16)33-24(26,27)28)31-23(32-22)30-17-7-3-2-4-8-17/h5-6,9-14,17H,2-4,7-8H2,1H3,(H2,29,30,31,32). The van der Waals surface area contributed by atoms with Crippen molar-refractivity contribution in [2.75, 3.05) is 10.6 Å². The van der Waals surface area contributed by atoms with E-state index >= 15 is 0 Å². The zero-order valence-electron chi connectivity index (χ0n) is 18.0. The summed E-state index contributed by atoms with van der Waals surface area (Å²) >= 11 is 6.25. The van der Waals surface area contributed by atoms with Gasteiger partial charge in [0.05, 0.1) is 5.69 Å². The lowest BCUT2D eigenvalue weighted by molar-refractivity contribution is -0.274. The van der Waals surface area contributed by atoms with Gasteiger partial charge in [0, 0.05) is 28.4 Å². The average molecular weight is 477 g/mol. The predicted molar refractivity (Wildman–Crippen MR) is 124 cm³/mol. The molecule has 1 aliphatic carbocycles. The molecule has 1 fully saturated rings. The summed E-state index contributed by atoms with van der Waals surface area (Å²) in [7, 11) is 0. The van der Waals surface area contributed by atoms with Gasteiger partial charge in [0.1, 0.15) is 11.6 Å². The topological polar surface area (TPSA) is 59.1 Å². The molecule has 3 aromatic rings. The van der Waals surface area contributed by atoms with Gasteiger partial charge in [-0.1, -0.05) is 49.1 Å². The van der Waals surface area contributed by atoms with Crippen molar-refractivity contribution in [2.24, 2.45) is 0 Å². The van der Waals surface area contributed by atoms with Crippen molar-refractivity contribution >= 4 is 29.1 Å². The van der Waals surface area contributed by atoms with E-state index < -0.39 is 6.36 Å². The van der Waals surface area contributed by atoms with Gasteiger partial charge in [-0.05, 0) is 49.6 Å². The lowest BCUT2D eigenvalue weighted by Gasteiger charge is -2.23. The van der Waals surface area contributed by atoms with Crippen molar-refractivity contribution in [3.63, 3.8) is 0 Å². The van der Waals surface area contributed by atoms with Gasteiger partial charge < -0.3 is 15.4 Å². The summed E-state index contributed by atoms with van der Waals surface area (Å²) in [6, 6.07) is 13.3. The second-order valence-electron chi connectivity index (χ2n) is 8.11. The highest BCUT2D eigenvalue weighted by atomic mass is 35.5. The first-order chi connectivity index (χ1) is 15.7. The fourth-order valence-electron chi connectivity index (χ4n) is 3.82. The molecule has 4 rings (SSSR count). The molecule has 0 atom stereocenters. The Balaban J connectivity index is 1.67. The third-order valence-electron chi connectivity index (χ3n) is 5.47. The highest BCUT2D eigenvalue weighted by Gasteiger charge is 2.31. The van der Waals surface area contributed by atoms with Crippen LogP contribution in [0.4, 0.5) is 30.6 Å². The molecule has 0 bridgehead atoms. The molecule has 174 valence electrons. The van der Waals surface area contributed by atoms with Gasteiger partial charge in [-0.2, -0.15) is 4.98 Å². The van der Waals surface area contributed by atoms with Crippen molar-refractivity contribution in [3.8, 4) is 17.0 Å². The number of hydrogen-bond acceptors (Lipinski definition) is 5. The maximum Gasteiger partial charge on any atom is 0.573 e. The minimum atomic E-state index is -4.77. The molecule has 0 radical (unpaired) electrons. The fraction of sp³-hybridized carbons (Fsp3) is 0.333. The number of alkyl halides is 3. The molecule has 0 saturated heterocycles. The number of halogens is 4. The van der Waals surface area contributed by atoms with E-state index in [1.54, 1.807) is 18.2 Å². The van der Waals surface area contributed by atoms with Gasteiger partial charge in [0.2, 0.25) is 5.95 Å². The molecule has 0 spiro atoms. The normalized spacial score (nSPS) is 14.7. The molecule has 5 nitrogen and oxygen atoms in total. The summed E-state index contributed by atoms with van der Waals surface area (Å²) in [5.74, 6) is 0.614. The van der Waals surface area contributed by atoms with Gasteiger partial charge in [0.15, 0.2) is 0 Å². The number of aryl methyl sites for hydroxylation is 1. The molecule has 2 N–H and O–H groups in total. The third-order valence-corrected chi connectivity index (χ3v) is 5.88. The van der Waals surface area contributed by atoms with Gasteiger partial charge in [-0.15, -0.1) is 13.2 Å². The molecule has 1 heterocycles. The molecule has 1 aliphatic rings. The zero-order chi connectivity index (χ0) is 23.4. The lowest BCUT2D eigenvalue weighted by atomic mass is 9.96. The summed E-state index contributed by atoms with van der Waals surface area (Å²) in [5.41, 5.74) is 2.65. The number of ether oxygens (including phenoxy) is 1. The van der Waals surface area contributed by atoms with E-state index in [0.29, 0.717) is 28.0 Å². The van der Waals surface area contributed by atoms with Crippen LogP contribution in [0.5, 0.6) is 5.75 Å². The van der Waals surface area contributed by atoms with Crippen LogP contribution in [0, 0.1) is 6.92 Å². The van der Waals surface area contributed by atoms with E-state index in [1.165, 1.54) is 24.6 Å². The molecule has 0 unspecified atom stereocenters. The van der Waals surface area contributed by atoms with Crippen LogP contribution >= 0.6 is 11.6 Å². The number of nitrogens with zero attached hydrogens (tertiary/aromatic N) is 2. The maximum atomic E-state index is 12.7. The van der Waals surface area contributed by atoms with Crippen molar-refractivity contribution in [2.45, 2.75) is 51.4 Å². The summed E-state index contributed by atoms with van der Waals surface area (Å²) in [6.45, 7) is 1.91. The summed E-state index contributed by atoms with van der Waals surface area (Å²) in [5, 5.41) is 7.23. The third kappa shape index (κ3) is 6.51. The van der Waals surface area contributed by atoms with Gasteiger partial charge in [-0.25, -0.2) is 4.98 Å². The Bertz CT molecular complexity index is 1120. The summed E-state index contributed by atoms with van der Waals surface area (Å²) in [6.07, 6.45) is 0.779. The molecular weight excluding hydrogens is 453 g/mol. The molecule has 0 aliphatic heterocycles. The van der Waals surface area contributed by atoms with E-state index in [-0.39, 0.29) is 11.8 Å². The average Bonchev–Trinajstić information content (AvgIpc) is 2.76. The predicted octanol–water partition coefficient (Wildman–Crippen LogP) is 7.49. The minimum Gasteiger partial charge on any atom is -0.406 e. The monoisotopic (exact) mass is 476 g/mol. The van der Waals surface area contributed by atoms with Gasteiger partial charge in [0.25, 0.3) is 0 Å². The van der Waals surface area contributed by atoms with E-state index in [4.69, 9.17) is 11.6 Å². The molecule has 33 heavy (non-hydrogen) atoms. The molecule has 9 heteroatoms. The molecular formula is C24H24ClF3N4O. The van der Waals surface area contributed by atoms with Crippen LogP contribution in [0.15, 0.2) is 48.5 Å². The number of aromatic nitrogens is 2. The molecule has 2 aromatic carbocycles. The number of anilines is 3. The number of hydrogen-bond donors (Lipinski definition) is 2. The Hall–Kier alpha value is -3.00. The second-order valence-corrected chi connectivity index (χ2v) is 8.51. The maximum absolute atomic E-state index is 12.7. The van der Waals surface area contributed by atoms with Crippen LogP contribution in [0.2, 0.25) is 5.02 Å². The van der Waals surface area contributed by atoms with Crippen molar-refractivity contribution in [3.05, 3.63) is 59.1 Å². The first kappa shape index (κ1) is 23.2. The smallest absolute Gasteiger partial charge is 0.406 e. The first-order valence-electron chi connectivity index (χ1n) is 10.8. The van der Waals surface area contributed by atoms with E-state index in [2.05, 4.69) is 25.3 Å². The number of benzene rings is 2. The van der Waals surface area contributed by atoms with E-state index in [9.17, 15) is 13.2 Å². The Kier molecular flexibility index (Phi) is 6.93. The Morgan fingerprint density at radius 3 is 2.52 bits per heavy atom. The van der Waals surface area contributed by atoms with Crippen LogP contribution in [0.1, 0.15) is 37.7 Å². The Labute approximate surface area is 195 Å². The van der Waals surface area contributed by atoms with Crippen LogP contribution in [0.25, 0.3) is 11.3 Å². The summed E-state index contributed by atoms with van der Waals surface area (Å²) < 4.78 is 42.1. The lowest BCUT2D eigenvalue weighted by Crippen LogP contribution is -2.23. The minimum absolute atomic E-state index is 0.260. The fourth-order valence-corrected chi connectivity index (χ4v) is 4.00. The van der Waals surface area contributed by atoms with Crippen LogP contribution in [-0.2, 0) is 0 Å². The van der Waals surface area contributed by atoms with Crippen molar-refractivity contribution in [1.29, 1.82) is 0 Å². The van der Waals surface area contributed by atoms with E-state index in [0.717, 1.165) is 36.9 Å². The van der Waals surface area contributed by atoms with Crippen molar-refractivity contribution < 1.29 is 17.9 Å². The number of nitrogens with one attached hydrogen (secondary N) is 2. The van der Waals surface area contributed by atoms with Crippen LogP contribution < -0.4 is 15.4 Å². The SMILES string of the molecule is Cc1ccc(Nc2cc(-c3cccc(OC(F)(F)F)c3)nc(NC3CCCCC3)n2)cc1Cl. The highest BCUT2D eigenvalue weighted by Crippen LogP contribution is 2.30. The quantitative estimate of drug-likeness (QED) is 0.386. The number of rotatable bonds is 6.